The number of amides is 1. The molecule has 5 rings (SSSR count). The molecule has 3 fully saturated rings. The molecule has 3 saturated heterocycles. The first kappa shape index (κ1) is 18.0. The number of fused-ring (bicyclic) bond motifs is 4. The van der Waals surface area contributed by atoms with Crippen LogP contribution in [-0.2, 0) is 9.53 Å². The van der Waals surface area contributed by atoms with E-state index in [2.05, 4.69) is 38.7 Å². The molecule has 3 aliphatic heterocycles. The van der Waals surface area contributed by atoms with Gasteiger partial charge in [-0.2, -0.15) is 0 Å². The predicted molar refractivity (Wildman–Crippen MR) is 104 cm³/mol. The first-order valence-electron chi connectivity index (χ1n) is 9.09. The quantitative estimate of drug-likeness (QED) is 0.635. The van der Waals surface area contributed by atoms with Gasteiger partial charge in [0.15, 0.2) is 0 Å². The molecule has 5 heterocycles. The molecule has 0 unspecified atom stereocenters. The van der Waals surface area contributed by atoms with Gasteiger partial charge in [-0.25, -0.2) is 4.79 Å². The monoisotopic (exact) mass is 383 g/mol. The molecule has 0 spiro atoms. The second kappa shape index (κ2) is 7.29. The van der Waals surface area contributed by atoms with Crippen LogP contribution in [0, 0.1) is 17.8 Å². The van der Waals surface area contributed by atoms with Crippen molar-refractivity contribution in [1.29, 1.82) is 0 Å². The minimum absolute atomic E-state index is 0.127. The summed E-state index contributed by atoms with van der Waals surface area (Å²) in [6.07, 6.45) is 3.98. The maximum Gasteiger partial charge on any atom is 0.384 e. The molecule has 1 amide bonds. The zero-order valence-corrected chi connectivity index (χ0v) is 16.1. The van der Waals surface area contributed by atoms with E-state index in [-0.39, 0.29) is 11.9 Å². The first-order chi connectivity index (χ1) is 13.0. The molecular weight excluding hydrogens is 362 g/mol. The zero-order valence-electron chi connectivity index (χ0n) is 15.3. The third-order valence-electron chi connectivity index (χ3n) is 5.58. The second-order valence-corrected chi connectivity index (χ2v) is 8.16. The molecule has 7 heteroatoms. The fourth-order valence-corrected chi connectivity index (χ4v) is 4.98. The van der Waals surface area contributed by atoms with E-state index >= 15 is 0 Å². The molecule has 0 saturated carbocycles. The third kappa shape index (κ3) is 3.55. The van der Waals surface area contributed by atoms with Crippen LogP contribution in [0.25, 0.3) is 10.1 Å². The van der Waals surface area contributed by atoms with Gasteiger partial charge in [0, 0.05) is 34.3 Å². The Kier molecular flexibility index (Phi) is 4.85. The molecule has 3 aliphatic rings. The van der Waals surface area contributed by atoms with Crippen molar-refractivity contribution in [3.63, 3.8) is 0 Å². The van der Waals surface area contributed by atoms with E-state index in [0.29, 0.717) is 17.7 Å². The number of carbonyl (C=O) groups excluding carboxylic acids is 2. The lowest BCUT2D eigenvalue weighted by atomic mass is 9.79. The van der Waals surface area contributed by atoms with Gasteiger partial charge in [0.25, 0.3) is 5.91 Å². The Bertz CT molecular complexity index is 948. The molecule has 2 bridgehead atoms. The van der Waals surface area contributed by atoms with Gasteiger partial charge in [0.05, 0.1) is 12.0 Å². The Morgan fingerprint density at radius 1 is 1.33 bits per heavy atom. The van der Waals surface area contributed by atoms with Crippen molar-refractivity contribution >= 4 is 33.3 Å². The maximum absolute atomic E-state index is 12.8. The van der Waals surface area contributed by atoms with Gasteiger partial charge in [-0.15, -0.1) is 11.3 Å². The van der Waals surface area contributed by atoms with E-state index in [1.165, 1.54) is 18.4 Å². The van der Waals surface area contributed by atoms with Crippen LogP contribution in [0.1, 0.15) is 35.1 Å². The average Bonchev–Trinajstić information content (AvgIpc) is 3.11. The number of nitrogens with zero attached hydrogens (tertiary/aromatic N) is 2. The largest absolute Gasteiger partial charge is 0.459 e. The zero-order chi connectivity index (χ0) is 19.0. The number of hydrogen-bond donors (Lipinski definition) is 1. The van der Waals surface area contributed by atoms with Crippen LogP contribution in [0.15, 0.2) is 18.3 Å². The summed E-state index contributed by atoms with van der Waals surface area (Å²) in [6, 6.07) is 4.21. The molecule has 6 nitrogen and oxygen atoms in total. The summed E-state index contributed by atoms with van der Waals surface area (Å²) in [5.41, 5.74) is 0.417. The normalized spacial score (nSPS) is 26.3. The molecule has 140 valence electrons. The van der Waals surface area contributed by atoms with E-state index < -0.39 is 5.97 Å². The molecule has 2 aromatic rings. The second-order valence-electron chi connectivity index (χ2n) is 7.07. The maximum atomic E-state index is 12.8. The van der Waals surface area contributed by atoms with Crippen LogP contribution >= 0.6 is 11.3 Å². The summed E-state index contributed by atoms with van der Waals surface area (Å²) in [4.78, 5) is 31.4. The molecule has 0 radical (unpaired) electrons. The van der Waals surface area contributed by atoms with Crippen molar-refractivity contribution in [1.82, 2.24) is 15.2 Å². The highest BCUT2D eigenvalue weighted by molar-refractivity contribution is 7.19. The fourth-order valence-electron chi connectivity index (χ4n) is 4.05. The van der Waals surface area contributed by atoms with Crippen LogP contribution in [0.3, 0.4) is 0 Å². The van der Waals surface area contributed by atoms with Gasteiger partial charge in [-0.1, -0.05) is 0 Å². The SMILES string of the molecule is COC(=O)C#Cc1cc2cnc(C(=O)N[C@@H]3C4CCN(CC4)[C@H]3C)cc2s1. The predicted octanol–water partition coefficient (Wildman–Crippen LogP) is 2.03. The van der Waals surface area contributed by atoms with Crippen molar-refractivity contribution in [2.24, 2.45) is 5.92 Å². The number of ether oxygens (including phenoxy) is 1. The molecule has 2 aromatic heterocycles. The number of pyridine rings is 1. The fraction of sp³-hybridized carbons (Fsp3) is 0.450. The molecule has 0 aliphatic carbocycles. The summed E-state index contributed by atoms with van der Waals surface area (Å²) >= 11 is 1.43. The number of aromatic nitrogens is 1. The standard InChI is InChI=1S/C20H21N3O3S/c1-12-19(13-5-7-23(12)8-6-13)22-20(25)16-10-17-14(11-21-16)9-15(27-17)3-4-18(24)26-2/h9-13,19H,5-8H2,1-2H3,(H,22,25)/t12-,19-/m0/s1. The summed E-state index contributed by atoms with van der Waals surface area (Å²) in [5, 5.41) is 4.11. The van der Waals surface area contributed by atoms with Crippen LogP contribution < -0.4 is 5.32 Å². The molecule has 27 heavy (non-hydrogen) atoms. The molecule has 0 aromatic carbocycles. The first-order valence-corrected chi connectivity index (χ1v) is 9.91. The van der Waals surface area contributed by atoms with E-state index in [1.54, 1.807) is 12.3 Å². The van der Waals surface area contributed by atoms with Crippen molar-refractivity contribution in [2.75, 3.05) is 20.2 Å². The van der Waals surface area contributed by atoms with Crippen LogP contribution in [0.4, 0.5) is 0 Å². The Morgan fingerprint density at radius 3 is 2.81 bits per heavy atom. The summed E-state index contributed by atoms with van der Waals surface area (Å²) in [6.45, 7) is 4.46. The van der Waals surface area contributed by atoms with E-state index in [4.69, 9.17) is 0 Å². The smallest absolute Gasteiger partial charge is 0.384 e. The lowest BCUT2D eigenvalue weighted by molar-refractivity contribution is -0.133. The van der Waals surface area contributed by atoms with Gasteiger partial charge in [0.1, 0.15) is 5.69 Å². The number of methoxy groups -OCH3 is 1. The Hall–Kier alpha value is -2.43. The van der Waals surface area contributed by atoms with Crippen molar-refractivity contribution in [3.8, 4) is 11.8 Å². The number of nitrogens with one attached hydrogen (secondary N) is 1. The summed E-state index contributed by atoms with van der Waals surface area (Å²) in [5.74, 6) is 5.06. The van der Waals surface area contributed by atoms with Crippen molar-refractivity contribution in [2.45, 2.75) is 31.8 Å². The highest BCUT2D eigenvalue weighted by Gasteiger charge is 2.40. The van der Waals surface area contributed by atoms with Gasteiger partial charge >= 0.3 is 5.97 Å². The highest BCUT2D eigenvalue weighted by Crippen LogP contribution is 2.32. The van der Waals surface area contributed by atoms with E-state index in [9.17, 15) is 9.59 Å². The topological polar surface area (TPSA) is 71.5 Å². The molecular formula is C20H21N3O3S. The van der Waals surface area contributed by atoms with Crippen LogP contribution in [-0.4, -0.2) is 54.0 Å². The van der Waals surface area contributed by atoms with Crippen molar-refractivity contribution < 1.29 is 14.3 Å². The van der Waals surface area contributed by atoms with E-state index in [1.807, 2.05) is 6.07 Å². The lowest BCUT2D eigenvalue weighted by Crippen LogP contribution is -2.62. The number of hydrogen-bond acceptors (Lipinski definition) is 6. The number of esters is 1. The third-order valence-corrected chi connectivity index (χ3v) is 6.60. The highest BCUT2D eigenvalue weighted by atomic mass is 32.1. The Morgan fingerprint density at radius 2 is 2.11 bits per heavy atom. The van der Waals surface area contributed by atoms with Gasteiger partial charge in [-0.05, 0) is 56.8 Å². The number of piperidine rings is 3. The van der Waals surface area contributed by atoms with Crippen LogP contribution in [0.5, 0.6) is 0 Å². The van der Waals surface area contributed by atoms with Gasteiger partial charge in [0.2, 0.25) is 0 Å². The minimum atomic E-state index is -0.572. The Balaban J connectivity index is 1.52. The number of rotatable bonds is 2. The molecule has 2 atom stereocenters. The van der Waals surface area contributed by atoms with Gasteiger partial charge < -0.3 is 10.1 Å². The van der Waals surface area contributed by atoms with Gasteiger partial charge in [-0.3, -0.25) is 14.7 Å². The minimum Gasteiger partial charge on any atom is -0.459 e. The van der Waals surface area contributed by atoms with Crippen LogP contribution in [0.2, 0.25) is 0 Å². The Labute approximate surface area is 161 Å². The number of carbonyl (C=O) groups is 2. The number of thiophene rings is 1. The summed E-state index contributed by atoms with van der Waals surface area (Å²) in [7, 11) is 1.30. The van der Waals surface area contributed by atoms with Crippen molar-refractivity contribution in [3.05, 3.63) is 28.9 Å². The lowest BCUT2D eigenvalue weighted by Gasteiger charge is -2.49. The summed E-state index contributed by atoms with van der Waals surface area (Å²) < 4.78 is 5.44. The van der Waals surface area contributed by atoms with E-state index in [0.717, 1.165) is 40.9 Å². The average molecular weight is 383 g/mol. The molecule has 1 N–H and O–H groups in total.